The summed E-state index contributed by atoms with van der Waals surface area (Å²) >= 11 is 6.19. The first-order valence-electron chi connectivity index (χ1n) is 12.1. The molecule has 2 atom stereocenters. The van der Waals surface area contributed by atoms with Gasteiger partial charge in [-0.15, -0.1) is 0 Å². The van der Waals surface area contributed by atoms with E-state index in [-0.39, 0.29) is 35.8 Å². The van der Waals surface area contributed by atoms with E-state index in [4.69, 9.17) is 16.3 Å². The molecule has 4 rings (SSSR count). The largest absolute Gasteiger partial charge is 0.416 e. The molecule has 3 aromatic rings. The van der Waals surface area contributed by atoms with Crippen LogP contribution in [0.1, 0.15) is 36.1 Å². The summed E-state index contributed by atoms with van der Waals surface area (Å²) in [6, 6.07) is 12.8. The van der Waals surface area contributed by atoms with E-state index in [9.17, 15) is 31.1 Å². The topological polar surface area (TPSA) is 66.8 Å². The summed E-state index contributed by atoms with van der Waals surface area (Å²) in [4.78, 5) is -0.537. The summed E-state index contributed by atoms with van der Waals surface area (Å²) < 4.78 is 88.3. The Morgan fingerprint density at radius 2 is 1.90 bits per heavy atom. The Morgan fingerprint density at radius 3 is 2.56 bits per heavy atom. The molecule has 0 aromatic heterocycles. The zero-order chi connectivity index (χ0) is 28.5. The molecule has 3 aromatic carbocycles. The number of ether oxygens (including phenoxy) is 1. The highest BCUT2D eigenvalue weighted by Gasteiger charge is 2.38. The molecule has 5 nitrogen and oxygen atoms in total. The molecule has 0 radical (unpaired) electrons. The average molecular weight is 584 g/mol. The van der Waals surface area contributed by atoms with Gasteiger partial charge in [0.15, 0.2) is 6.29 Å². The zero-order valence-corrected chi connectivity index (χ0v) is 22.6. The molecule has 0 fully saturated rings. The van der Waals surface area contributed by atoms with Crippen LogP contribution in [0.4, 0.5) is 23.2 Å². The van der Waals surface area contributed by atoms with Crippen LogP contribution in [-0.4, -0.2) is 33.0 Å². The van der Waals surface area contributed by atoms with E-state index in [1.165, 1.54) is 12.1 Å². The van der Waals surface area contributed by atoms with Crippen molar-refractivity contribution >= 4 is 39.0 Å². The van der Waals surface area contributed by atoms with Crippen molar-refractivity contribution in [3.05, 3.63) is 93.8 Å². The van der Waals surface area contributed by atoms with Crippen molar-refractivity contribution in [1.29, 1.82) is 0 Å². The number of anilines is 1. The molecule has 1 aliphatic rings. The van der Waals surface area contributed by atoms with Gasteiger partial charge in [0.25, 0.3) is 10.0 Å². The Labute approximate surface area is 229 Å². The van der Waals surface area contributed by atoms with Gasteiger partial charge in [-0.05, 0) is 73.4 Å². The number of allylic oxidation sites excluding steroid dienone is 1. The number of aliphatic hydroxyl groups excluding tert-OH is 1. The molecule has 0 bridgehead atoms. The fourth-order valence-corrected chi connectivity index (χ4v) is 6.53. The summed E-state index contributed by atoms with van der Waals surface area (Å²) in [7, 11) is -4.49. The van der Waals surface area contributed by atoms with Crippen molar-refractivity contribution < 1.29 is 35.8 Å². The van der Waals surface area contributed by atoms with Gasteiger partial charge in [-0.2, -0.15) is 13.2 Å². The third kappa shape index (κ3) is 6.14. The Kier molecular flexibility index (Phi) is 8.41. The van der Waals surface area contributed by atoms with Gasteiger partial charge in [0.05, 0.1) is 21.2 Å². The molecular formula is C28H26ClF4NO4S. The lowest BCUT2D eigenvalue weighted by Crippen LogP contribution is -2.44. The number of rotatable bonds is 7. The number of hydrogen-bond acceptors (Lipinski definition) is 4. The van der Waals surface area contributed by atoms with Gasteiger partial charge in [-0.3, -0.25) is 4.31 Å². The minimum Gasteiger partial charge on any atom is -0.368 e. The van der Waals surface area contributed by atoms with Crippen LogP contribution in [0.3, 0.4) is 0 Å². The molecule has 0 amide bonds. The van der Waals surface area contributed by atoms with E-state index in [2.05, 4.69) is 0 Å². The molecule has 208 valence electrons. The minimum atomic E-state index is -4.73. The maximum Gasteiger partial charge on any atom is 0.416 e. The van der Waals surface area contributed by atoms with Crippen molar-refractivity contribution in [3.8, 4) is 0 Å². The third-order valence-corrected chi connectivity index (χ3v) is 8.58. The number of hydrogen-bond donors (Lipinski definition) is 1. The molecule has 11 heteroatoms. The van der Waals surface area contributed by atoms with Crippen LogP contribution in [0.15, 0.2) is 65.6 Å². The van der Waals surface area contributed by atoms with E-state index in [1.807, 2.05) is 0 Å². The van der Waals surface area contributed by atoms with Crippen LogP contribution < -0.4 is 4.31 Å². The quantitative estimate of drug-likeness (QED) is 0.189. The van der Waals surface area contributed by atoms with Crippen molar-refractivity contribution in [2.24, 2.45) is 5.92 Å². The second-order valence-electron chi connectivity index (χ2n) is 9.18. The highest BCUT2D eigenvalue weighted by molar-refractivity contribution is 7.92. The molecule has 1 aliphatic heterocycles. The number of aliphatic hydroxyl groups is 1. The standard InChI is InChI=1S/C28H26ClF4NO4S/c1-3-38-27(35)20-14-19-11-10-18(12-17(2)26-23(29)8-5-9-24(26)30)13-25(19)34(16-20)39(36,37)22-7-4-6-21(15-22)28(31,32)33/h4-13,15,20,27,35H,3,14,16H2,1-2H3/b17-12+. The minimum absolute atomic E-state index is 0.187. The predicted octanol–water partition coefficient (Wildman–Crippen LogP) is 6.78. The summed E-state index contributed by atoms with van der Waals surface area (Å²) in [5.41, 5.74) is 0.920. The molecule has 0 spiro atoms. The van der Waals surface area contributed by atoms with E-state index in [0.29, 0.717) is 22.8 Å². The van der Waals surface area contributed by atoms with Crippen LogP contribution in [0.2, 0.25) is 5.02 Å². The fraction of sp³-hybridized carbons (Fsp3) is 0.286. The Bertz CT molecular complexity index is 1490. The van der Waals surface area contributed by atoms with Gasteiger partial charge in [-0.1, -0.05) is 41.9 Å². The first-order valence-corrected chi connectivity index (χ1v) is 13.9. The first-order chi connectivity index (χ1) is 18.3. The van der Waals surface area contributed by atoms with Gasteiger partial charge < -0.3 is 9.84 Å². The van der Waals surface area contributed by atoms with Gasteiger partial charge in [0.2, 0.25) is 0 Å². The maximum atomic E-state index is 14.5. The normalized spacial score (nSPS) is 17.2. The van der Waals surface area contributed by atoms with Crippen LogP contribution in [0, 0.1) is 11.7 Å². The monoisotopic (exact) mass is 583 g/mol. The lowest BCUT2D eigenvalue weighted by Gasteiger charge is -2.37. The van der Waals surface area contributed by atoms with Crippen LogP contribution >= 0.6 is 11.6 Å². The lowest BCUT2D eigenvalue weighted by molar-refractivity contribution is -0.137. The molecule has 1 heterocycles. The number of alkyl halides is 3. The van der Waals surface area contributed by atoms with Crippen LogP contribution in [-0.2, 0) is 27.4 Å². The summed E-state index contributed by atoms with van der Waals surface area (Å²) in [6.45, 7) is 3.31. The summed E-state index contributed by atoms with van der Waals surface area (Å²) in [5.74, 6) is -1.19. The smallest absolute Gasteiger partial charge is 0.368 e. The summed E-state index contributed by atoms with van der Waals surface area (Å²) in [6.07, 6.45) is -4.11. The lowest BCUT2D eigenvalue weighted by atomic mass is 9.92. The van der Waals surface area contributed by atoms with Gasteiger partial charge >= 0.3 is 6.18 Å². The first kappa shape index (κ1) is 29.1. The highest BCUT2D eigenvalue weighted by atomic mass is 35.5. The number of halogens is 5. The maximum absolute atomic E-state index is 14.5. The van der Waals surface area contributed by atoms with Gasteiger partial charge in [-0.25, -0.2) is 12.8 Å². The molecule has 1 N–H and O–H groups in total. The average Bonchev–Trinajstić information content (AvgIpc) is 2.87. The second kappa shape index (κ2) is 11.3. The SMILES string of the molecule is CCOC(O)C1Cc2ccc(/C=C(\C)c3c(F)cccc3Cl)cc2N(S(=O)(=O)c2cccc(C(F)(F)F)c2)C1. The summed E-state index contributed by atoms with van der Waals surface area (Å²) in [5, 5.41) is 10.7. The fourth-order valence-electron chi connectivity index (χ4n) is 4.62. The van der Waals surface area contributed by atoms with Crippen LogP contribution in [0.5, 0.6) is 0 Å². The Morgan fingerprint density at radius 1 is 1.18 bits per heavy atom. The van der Waals surface area contributed by atoms with E-state index in [0.717, 1.165) is 22.5 Å². The molecule has 0 saturated heterocycles. The molecule has 0 saturated carbocycles. The van der Waals surface area contributed by atoms with E-state index in [1.54, 1.807) is 44.2 Å². The van der Waals surface area contributed by atoms with Crippen LogP contribution in [0.25, 0.3) is 11.6 Å². The molecule has 0 aliphatic carbocycles. The highest BCUT2D eigenvalue weighted by Crippen LogP contribution is 2.38. The molecular weight excluding hydrogens is 558 g/mol. The van der Waals surface area contributed by atoms with Crippen molar-refractivity contribution in [1.82, 2.24) is 0 Å². The zero-order valence-electron chi connectivity index (χ0n) is 21.0. The predicted molar refractivity (Wildman–Crippen MR) is 142 cm³/mol. The molecule has 39 heavy (non-hydrogen) atoms. The number of benzene rings is 3. The molecule has 2 unspecified atom stereocenters. The second-order valence-corrected chi connectivity index (χ2v) is 11.5. The third-order valence-electron chi connectivity index (χ3n) is 6.49. The van der Waals surface area contributed by atoms with Crippen molar-refractivity contribution in [3.63, 3.8) is 0 Å². The number of nitrogens with zero attached hydrogens (tertiary/aromatic N) is 1. The van der Waals surface area contributed by atoms with Crippen molar-refractivity contribution in [2.45, 2.75) is 37.6 Å². The van der Waals surface area contributed by atoms with E-state index >= 15 is 0 Å². The van der Waals surface area contributed by atoms with Crippen molar-refractivity contribution in [2.75, 3.05) is 17.5 Å². The van der Waals surface area contributed by atoms with E-state index < -0.39 is 44.7 Å². The van der Waals surface area contributed by atoms with Gasteiger partial charge in [0, 0.05) is 24.6 Å². The number of sulfonamides is 1. The van der Waals surface area contributed by atoms with Gasteiger partial charge in [0.1, 0.15) is 5.82 Å². The number of fused-ring (bicyclic) bond motifs is 1. The Hall–Kier alpha value is -2.92. The Balaban J connectivity index is 1.82.